The number of carbonyl (C=O) groups is 1. The molecule has 2 N–H and O–H groups in total. The van der Waals surface area contributed by atoms with Gasteiger partial charge in [0.1, 0.15) is 5.56 Å². The molecule has 0 saturated heterocycles. The summed E-state index contributed by atoms with van der Waals surface area (Å²) >= 11 is 0. The number of hydrogen-bond acceptors (Lipinski definition) is 2. The molecular weight excluding hydrogens is 276 g/mol. The Kier molecular flexibility index (Phi) is 3.51. The lowest BCUT2D eigenvalue weighted by Crippen LogP contribution is -2.22. The first-order valence-electron chi connectivity index (χ1n) is 7.06. The molecule has 1 heterocycles. The van der Waals surface area contributed by atoms with Crippen molar-refractivity contribution >= 4 is 22.5 Å². The molecule has 0 saturated carbocycles. The zero-order valence-electron chi connectivity index (χ0n) is 12.4. The van der Waals surface area contributed by atoms with E-state index in [0.717, 1.165) is 22.3 Å². The van der Waals surface area contributed by atoms with Gasteiger partial charge in [0, 0.05) is 22.8 Å². The van der Waals surface area contributed by atoms with Crippen LogP contribution in [-0.2, 0) is 0 Å². The van der Waals surface area contributed by atoms with Gasteiger partial charge >= 0.3 is 0 Å². The number of anilines is 1. The summed E-state index contributed by atoms with van der Waals surface area (Å²) in [5.74, 6) is -0.402. The third-order valence-corrected chi connectivity index (χ3v) is 3.89. The van der Waals surface area contributed by atoms with Crippen LogP contribution in [0, 0.1) is 13.8 Å². The Balaban J connectivity index is 2.01. The quantitative estimate of drug-likeness (QED) is 0.760. The third kappa shape index (κ3) is 2.39. The Labute approximate surface area is 127 Å². The van der Waals surface area contributed by atoms with E-state index in [0.29, 0.717) is 5.39 Å². The highest BCUT2D eigenvalue weighted by molar-refractivity contribution is 6.06. The Hall–Kier alpha value is -2.88. The second kappa shape index (κ2) is 5.48. The summed E-state index contributed by atoms with van der Waals surface area (Å²) in [7, 11) is 0. The smallest absolute Gasteiger partial charge is 0.261 e. The predicted octanol–water partition coefficient (Wildman–Crippen LogP) is 3.40. The molecule has 0 unspecified atom stereocenters. The number of aryl methyl sites for hydroxylation is 1. The van der Waals surface area contributed by atoms with Gasteiger partial charge in [0.15, 0.2) is 0 Å². The van der Waals surface area contributed by atoms with Crippen molar-refractivity contribution in [3.05, 3.63) is 75.6 Å². The topological polar surface area (TPSA) is 62.0 Å². The van der Waals surface area contributed by atoms with E-state index in [4.69, 9.17) is 0 Å². The van der Waals surface area contributed by atoms with E-state index in [1.807, 2.05) is 44.2 Å². The van der Waals surface area contributed by atoms with Crippen molar-refractivity contribution in [2.24, 2.45) is 0 Å². The zero-order valence-corrected chi connectivity index (χ0v) is 12.4. The number of benzene rings is 2. The maximum absolute atomic E-state index is 12.4. The van der Waals surface area contributed by atoms with E-state index in [1.165, 1.54) is 6.20 Å². The molecule has 1 aromatic heterocycles. The minimum Gasteiger partial charge on any atom is -0.360 e. The molecule has 2 aromatic carbocycles. The summed E-state index contributed by atoms with van der Waals surface area (Å²) in [5, 5.41) is 3.32. The number of rotatable bonds is 2. The molecule has 1 amide bonds. The molecule has 3 rings (SSSR count). The minimum absolute atomic E-state index is 0.111. The first-order valence-corrected chi connectivity index (χ1v) is 7.06. The Bertz CT molecular complexity index is 926. The normalized spacial score (nSPS) is 10.6. The van der Waals surface area contributed by atoms with E-state index >= 15 is 0 Å². The second-order valence-corrected chi connectivity index (χ2v) is 5.28. The van der Waals surface area contributed by atoms with Gasteiger partial charge in [-0.2, -0.15) is 0 Å². The van der Waals surface area contributed by atoms with Crippen molar-refractivity contribution < 1.29 is 4.79 Å². The summed E-state index contributed by atoms with van der Waals surface area (Å²) in [4.78, 5) is 27.8. The number of aromatic nitrogens is 1. The Morgan fingerprint density at radius 3 is 2.64 bits per heavy atom. The molecule has 3 aromatic rings. The fourth-order valence-electron chi connectivity index (χ4n) is 2.41. The number of H-pyrrole nitrogens is 1. The highest BCUT2D eigenvalue weighted by Gasteiger charge is 2.14. The molecule has 0 aliphatic heterocycles. The van der Waals surface area contributed by atoms with Crippen LogP contribution in [0.25, 0.3) is 10.9 Å². The highest BCUT2D eigenvalue weighted by atomic mass is 16.2. The van der Waals surface area contributed by atoms with Crippen molar-refractivity contribution in [2.45, 2.75) is 13.8 Å². The van der Waals surface area contributed by atoms with Crippen molar-refractivity contribution in [1.82, 2.24) is 4.98 Å². The summed E-state index contributed by atoms with van der Waals surface area (Å²) < 4.78 is 0. The van der Waals surface area contributed by atoms with Gasteiger partial charge in [-0.15, -0.1) is 0 Å². The predicted molar refractivity (Wildman–Crippen MR) is 88.4 cm³/mol. The van der Waals surface area contributed by atoms with Crippen LogP contribution < -0.4 is 10.7 Å². The van der Waals surface area contributed by atoms with Crippen LogP contribution in [0.5, 0.6) is 0 Å². The molecule has 0 radical (unpaired) electrons. The van der Waals surface area contributed by atoms with Crippen LogP contribution in [0.4, 0.5) is 5.69 Å². The summed E-state index contributed by atoms with van der Waals surface area (Å²) in [6.07, 6.45) is 1.46. The molecule has 4 nitrogen and oxygen atoms in total. The van der Waals surface area contributed by atoms with Gasteiger partial charge in [-0.25, -0.2) is 0 Å². The summed E-state index contributed by atoms with van der Waals surface area (Å²) in [6.45, 7) is 3.92. The standard InChI is InChI=1S/C18H16N2O2/c1-11-6-5-9-15(12(11)2)20-18(22)14-10-19-16-8-4-3-7-13(16)17(14)21/h3-10H,1-2H3,(H,19,21)(H,20,22). The Morgan fingerprint density at radius 2 is 1.82 bits per heavy atom. The van der Waals surface area contributed by atoms with Crippen LogP contribution in [-0.4, -0.2) is 10.9 Å². The number of amides is 1. The van der Waals surface area contributed by atoms with Crippen LogP contribution in [0.2, 0.25) is 0 Å². The average Bonchev–Trinajstić information content (AvgIpc) is 2.52. The molecule has 0 aliphatic rings. The van der Waals surface area contributed by atoms with Crippen LogP contribution in [0.3, 0.4) is 0 Å². The minimum atomic E-state index is -0.402. The molecule has 0 atom stereocenters. The van der Waals surface area contributed by atoms with Crippen molar-refractivity contribution in [3.8, 4) is 0 Å². The van der Waals surface area contributed by atoms with Crippen molar-refractivity contribution in [2.75, 3.05) is 5.32 Å². The van der Waals surface area contributed by atoms with Gasteiger partial charge in [0.05, 0.1) is 0 Å². The van der Waals surface area contributed by atoms with E-state index < -0.39 is 5.91 Å². The SMILES string of the molecule is Cc1cccc(NC(=O)c2c[nH]c3ccccc3c2=O)c1C. The largest absolute Gasteiger partial charge is 0.360 e. The maximum atomic E-state index is 12.4. The first-order chi connectivity index (χ1) is 10.6. The monoisotopic (exact) mass is 292 g/mol. The number of nitrogens with one attached hydrogen (secondary N) is 2. The van der Waals surface area contributed by atoms with Crippen LogP contribution in [0.1, 0.15) is 21.5 Å². The van der Waals surface area contributed by atoms with Gasteiger partial charge in [0.25, 0.3) is 5.91 Å². The lowest BCUT2D eigenvalue weighted by molar-refractivity contribution is 0.102. The van der Waals surface area contributed by atoms with E-state index in [-0.39, 0.29) is 11.0 Å². The average molecular weight is 292 g/mol. The number of pyridine rings is 1. The Morgan fingerprint density at radius 1 is 1.05 bits per heavy atom. The third-order valence-electron chi connectivity index (χ3n) is 3.89. The number of para-hydroxylation sites is 1. The fraction of sp³-hybridized carbons (Fsp3) is 0.111. The second-order valence-electron chi connectivity index (χ2n) is 5.28. The maximum Gasteiger partial charge on any atom is 0.261 e. The lowest BCUT2D eigenvalue weighted by Gasteiger charge is -2.10. The van der Waals surface area contributed by atoms with Gasteiger partial charge < -0.3 is 10.3 Å². The van der Waals surface area contributed by atoms with Gasteiger partial charge in [-0.05, 0) is 43.2 Å². The fourth-order valence-corrected chi connectivity index (χ4v) is 2.41. The lowest BCUT2D eigenvalue weighted by atomic mass is 10.1. The molecule has 0 aliphatic carbocycles. The number of hydrogen-bond donors (Lipinski definition) is 2. The molecular formula is C18H16N2O2. The summed E-state index contributed by atoms with van der Waals surface area (Å²) in [6, 6.07) is 12.8. The van der Waals surface area contributed by atoms with Gasteiger partial charge in [0.2, 0.25) is 5.43 Å². The van der Waals surface area contributed by atoms with Gasteiger partial charge in [-0.3, -0.25) is 9.59 Å². The van der Waals surface area contributed by atoms with E-state index in [9.17, 15) is 9.59 Å². The van der Waals surface area contributed by atoms with E-state index in [1.54, 1.807) is 12.1 Å². The number of carbonyl (C=O) groups excluding carboxylic acids is 1. The number of fused-ring (bicyclic) bond motifs is 1. The molecule has 0 spiro atoms. The molecule has 110 valence electrons. The number of aromatic amines is 1. The molecule has 0 fully saturated rings. The van der Waals surface area contributed by atoms with Crippen molar-refractivity contribution in [3.63, 3.8) is 0 Å². The van der Waals surface area contributed by atoms with Crippen LogP contribution >= 0.6 is 0 Å². The molecule has 22 heavy (non-hydrogen) atoms. The zero-order chi connectivity index (χ0) is 15.7. The van der Waals surface area contributed by atoms with E-state index in [2.05, 4.69) is 10.3 Å². The van der Waals surface area contributed by atoms with Gasteiger partial charge in [-0.1, -0.05) is 24.3 Å². The summed E-state index contributed by atoms with van der Waals surface area (Å²) in [5.41, 5.74) is 3.36. The highest BCUT2D eigenvalue weighted by Crippen LogP contribution is 2.18. The first kappa shape index (κ1) is 14.1. The van der Waals surface area contributed by atoms with Crippen LogP contribution in [0.15, 0.2) is 53.5 Å². The van der Waals surface area contributed by atoms with Crippen molar-refractivity contribution in [1.29, 1.82) is 0 Å². The molecule has 4 heteroatoms. The molecule has 0 bridgehead atoms.